The molecule has 0 amide bonds. The number of hydrogen-bond donors (Lipinski definition) is 2. The maximum absolute atomic E-state index is 15.2. The van der Waals surface area contributed by atoms with Gasteiger partial charge in [0.1, 0.15) is 0 Å². The second-order valence-electron chi connectivity index (χ2n) is 9.54. The van der Waals surface area contributed by atoms with Gasteiger partial charge in [-0.25, -0.2) is 9.37 Å². The van der Waals surface area contributed by atoms with Crippen LogP contribution in [0.25, 0.3) is 0 Å². The Kier molecular flexibility index (Phi) is 5.85. The van der Waals surface area contributed by atoms with Gasteiger partial charge in [0, 0.05) is 37.1 Å². The number of aliphatic hydroxyl groups excluding tert-OH is 1. The first-order chi connectivity index (χ1) is 14.6. The molecule has 1 atom stereocenters. The Bertz CT molecular complexity index is 953. The molecule has 0 aliphatic carbocycles. The lowest BCUT2D eigenvalue weighted by Crippen LogP contribution is -2.41. The van der Waals surface area contributed by atoms with E-state index in [9.17, 15) is 5.11 Å². The molecule has 1 aromatic heterocycles. The van der Waals surface area contributed by atoms with Gasteiger partial charge in [-0.3, -0.25) is 4.90 Å². The summed E-state index contributed by atoms with van der Waals surface area (Å²) in [7, 11) is -0.488. The lowest BCUT2D eigenvalue weighted by Gasteiger charge is -2.32. The highest BCUT2D eigenvalue weighted by molar-refractivity contribution is 6.62. The van der Waals surface area contributed by atoms with Crippen molar-refractivity contribution in [3.8, 4) is 0 Å². The van der Waals surface area contributed by atoms with Crippen molar-refractivity contribution in [3.63, 3.8) is 0 Å². The quantitative estimate of drug-likeness (QED) is 0.715. The highest BCUT2D eigenvalue weighted by Gasteiger charge is 2.52. The number of nitrogens with zero attached hydrogens (tertiary/aromatic N) is 2. The fraction of sp³-hybridized carbons (Fsp3) is 0.522. The van der Waals surface area contributed by atoms with Gasteiger partial charge >= 0.3 is 7.12 Å². The molecule has 8 heteroatoms. The van der Waals surface area contributed by atoms with Crippen molar-refractivity contribution < 1.29 is 18.8 Å². The molecule has 0 bridgehead atoms. The summed E-state index contributed by atoms with van der Waals surface area (Å²) < 4.78 is 27.6. The SMILES string of the molecule is Cc1c(Nc2nccc(CN3CC[C@@H](O)C3)c2F)cccc1B1OC(C)(C)C(C)(C)O1. The summed E-state index contributed by atoms with van der Waals surface area (Å²) in [6.07, 6.45) is 2.01. The number of hydrogen-bond acceptors (Lipinski definition) is 6. The van der Waals surface area contributed by atoms with Crippen molar-refractivity contribution in [2.75, 3.05) is 18.4 Å². The van der Waals surface area contributed by atoms with Crippen LogP contribution in [0.3, 0.4) is 0 Å². The Balaban J connectivity index is 1.56. The average molecular weight is 427 g/mol. The summed E-state index contributed by atoms with van der Waals surface area (Å²) in [4.78, 5) is 6.27. The van der Waals surface area contributed by atoms with Crippen LogP contribution in [-0.4, -0.2) is 52.5 Å². The van der Waals surface area contributed by atoms with Crippen molar-refractivity contribution in [1.29, 1.82) is 0 Å². The lowest BCUT2D eigenvalue weighted by atomic mass is 9.76. The Labute approximate surface area is 183 Å². The largest absolute Gasteiger partial charge is 0.495 e. The number of pyridine rings is 1. The van der Waals surface area contributed by atoms with Gasteiger partial charge in [0.2, 0.25) is 0 Å². The van der Waals surface area contributed by atoms with E-state index in [4.69, 9.17) is 9.31 Å². The number of benzene rings is 1. The summed E-state index contributed by atoms with van der Waals surface area (Å²) in [5.74, 6) is -0.185. The molecule has 6 nitrogen and oxygen atoms in total. The van der Waals surface area contributed by atoms with E-state index in [1.807, 2.05) is 52.8 Å². The fourth-order valence-corrected chi connectivity index (χ4v) is 4.03. The molecule has 166 valence electrons. The second-order valence-corrected chi connectivity index (χ2v) is 9.54. The molecule has 1 aromatic carbocycles. The first kappa shape index (κ1) is 22.2. The van der Waals surface area contributed by atoms with E-state index < -0.39 is 18.3 Å². The van der Waals surface area contributed by atoms with Crippen LogP contribution in [-0.2, 0) is 15.9 Å². The van der Waals surface area contributed by atoms with E-state index in [-0.39, 0.29) is 17.7 Å². The monoisotopic (exact) mass is 427 g/mol. The van der Waals surface area contributed by atoms with Crippen LogP contribution in [0, 0.1) is 12.7 Å². The molecule has 3 heterocycles. The van der Waals surface area contributed by atoms with Crippen molar-refractivity contribution >= 4 is 24.1 Å². The highest BCUT2D eigenvalue weighted by atomic mass is 19.1. The van der Waals surface area contributed by atoms with Crippen LogP contribution in [0.2, 0.25) is 0 Å². The molecule has 0 unspecified atom stereocenters. The van der Waals surface area contributed by atoms with Gasteiger partial charge in [0.05, 0.1) is 17.3 Å². The Morgan fingerprint density at radius 2 is 1.94 bits per heavy atom. The molecule has 0 saturated carbocycles. The molecule has 2 saturated heterocycles. The van der Waals surface area contributed by atoms with E-state index in [0.29, 0.717) is 18.7 Å². The number of anilines is 2. The van der Waals surface area contributed by atoms with Gasteiger partial charge in [-0.1, -0.05) is 12.1 Å². The Morgan fingerprint density at radius 1 is 1.23 bits per heavy atom. The van der Waals surface area contributed by atoms with Gasteiger partial charge in [-0.2, -0.15) is 0 Å². The van der Waals surface area contributed by atoms with E-state index in [1.54, 1.807) is 12.3 Å². The van der Waals surface area contributed by atoms with Crippen LogP contribution in [0.1, 0.15) is 45.2 Å². The maximum atomic E-state index is 15.2. The summed E-state index contributed by atoms with van der Waals surface area (Å²) in [5.41, 5.74) is 2.29. The standard InChI is InChI=1S/C23H31BFN3O3/c1-15-18(24-30-22(2,3)23(4,5)31-24)7-6-8-19(15)27-21-20(25)16(9-11-26-21)13-28-12-10-17(29)14-28/h6-9,11,17,29H,10,12-14H2,1-5H3,(H,26,27)/t17-/m1/s1. The molecule has 2 aromatic rings. The van der Waals surface area contributed by atoms with Crippen LogP contribution >= 0.6 is 0 Å². The van der Waals surface area contributed by atoms with E-state index >= 15 is 4.39 Å². The zero-order chi connectivity index (χ0) is 22.4. The predicted octanol–water partition coefficient (Wildman–Crippen LogP) is 3.14. The summed E-state index contributed by atoms with van der Waals surface area (Å²) in [6, 6.07) is 7.47. The molecule has 31 heavy (non-hydrogen) atoms. The smallest absolute Gasteiger partial charge is 0.399 e. The Morgan fingerprint density at radius 3 is 2.58 bits per heavy atom. The molecule has 0 spiro atoms. The molecular weight excluding hydrogens is 396 g/mol. The van der Waals surface area contributed by atoms with Crippen LogP contribution < -0.4 is 10.8 Å². The minimum atomic E-state index is -0.488. The van der Waals surface area contributed by atoms with Gasteiger partial charge in [0.25, 0.3) is 0 Å². The topological polar surface area (TPSA) is 66.9 Å². The summed E-state index contributed by atoms with van der Waals surface area (Å²) >= 11 is 0. The van der Waals surface area contributed by atoms with Gasteiger partial charge in [0.15, 0.2) is 11.6 Å². The summed E-state index contributed by atoms with van der Waals surface area (Å²) in [5, 5.41) is 12.9. The minimum absolute atomic E-state index is 0.186. The third-order valence-corrected chi connectivity index (χ3v) is 6.75. The van der Waals surface area contributed by atoms with Crippen LogP contribution in [0.5, 0.6) is 0 Å². The average Bonchev–Trinajstić information content (AvgIpc) is 3.19. The first-order valence-corrected chi connectivity index (χ1v) is 10.8. The number of β-amino-alcohol motifs (C(OH)–C–C–N with tert-alkyl or cyclic N) is 1. The van der Waals surface area contributed by atoms with E-state index in [0.717, 1.165) is 29.7 Å². The van der Waals surface area contributed by atoms with Crippen LogP contribution in [0.4, 0.5) is 15.9 Å². The minimum Gasteiger partial charge on any atom is -0.399 e. The number of halogens is 1. The zero-order valence-corrected chi connectivity index (χ0v) is 18.9. The second kappa shape index (κ2) is 8.17. The number of nitrogens with one attached hydrogen (secondary N) is 1. The number of rotatable bonds is 5. The third kappa shape index (κ3) is 4.35. The number of aromatic nitrogens is 1. The molecule has 2 fully saturated rings. The van der Waals surface area contributed by atoms with Crippen molar-refractivity contribution in [1.82, 2.24) is 9.88 Å². The third-order valence-electron chi connectivity index (χ3n) is 6.75. The molecule has 0 radical (unpaired) electrons. The first-order valence-electron chi connectivity index (χ1n) is 10.8. The summed E-state index contributed by atoms with van der Waals surface area (Å²) in [6.45, 7) is 11.8. The van der Waals surface area contributed by atoms with Crippen molar-refractivity contribution in [3.05, 3.63) is 47.4 Å². The highest BCUT2D eigenvalue weighted by Crippen LogP contribution is 2.37. The maximum Gasteiger partial charge on any atom is 0.495 e. The van der Waals surface area contributed by atoms with Gasteiger partial charge in [-0.15, -0.1) is 0 Å². The van der Waals surface area contributed by atoms with Gasteiger partial charge in [-0.05, 0) is 64.2 Å². The Hall–Kier alpha value is -2.00. The van der Waals surface area contributed by atoms with Crippen LogP contribution in [0.15, 0.2) is 30.5 Å². The lowest BCUT2D eigenvalue weighted by molar-refractivity contribution is 0.00578. The molecule has 2 N–H and O–H groups in total. The predicted molar refractivity (Wildman–Crippen MR) is 120 cm³/mol. The van der Waals surface area contributed by atoms with E-state index in [1.165, 1.54) is 0 Å². The zero-order valence-electron chi connectivity index (χ0n) is 18.9. The van der Waals surface area contributed by atoms with E-state index in [2.05, 4.69) is 15.2 Å². The van der Waals surface area contributed by atoms with Crippen molar-refractivity contribution in [2.45, 2.75) is 64.9 Å². The van der Waals surface area contributed by atoms with Gasteiger partial charge < -0.3 is 19.7 Å². The number of likely N-dealkylation sites (tertiary alicyclic amines) is 1. The number of aliphatic hydroxyl groups is 1. The normalized spacial score (nSPS) is 22.8. The molecular formula is C23H31BFN3O3. The fourth-order valence-electron chi connectivity index (χ4n) is 4.03. The molecule has 4 rings (SSSR count). The molecule has 2 aliphatic rings. The van der Waals surface area contributed by atoms with Crippen molar-refractivity contribution in [2.24, 2.45) is 0 Å². The molecule has 2 aliphatic heterocycles.